The minimum Gasteiger partial charge on any atom is -0.194 e. The molecule has 2 aromatic carbocycles. The van der Waals surface area contributed by atoms with E-state index in [4.69, 9.17) is 0 Å². The van der Waals surface area contributed by atoms with E-state index in [2.05, 4.69) is 92.2 Å². The van der Waals surface area contributed by atoms with Crippen molar-refractivity contribution in [2.75, 3.05) is 0 Å². The molecule has 0 N–H and O–H groups in total. The maximum Gasteiger partial charge on any atom is 0.213 e. The molecule has 1 aromatic heterocycles. The maximum atomic E-state index is 2.40. The standard InChI is InChI=1S/C25H28N/c1-4-15-25(3,5-2)22-12-10-19(11-13-22)20-14-16-26-18-21-8-6-7-9-23(21)24(26)17-20/h6-14,16-17H,4-5,15,18H2,1-3H3/q+1. The molecule has 0 saturated heterocycles. The van der Waals surface area contributed by atoms with Gasteiger partial charge in [-0.3, -0.25) is 0 Å². The highest BCUT2D eigenvalue weighted by atomic mass is 15.0. The van der Waals surface area contributed by atoms with Gasteiger partial charge >= 0.3 is 0 Å². The SMILES string of the molecule is CCCC(C)(CC)c1ccc(-c2cc[n+]3c(c2)-c2ccccc2C3)cc1. The summed E-state index contributed by atoms with van der Waals surface area (Å²) >= 11 is 0. The van der Waals surface area contributed by atoms with E-state index in [1.54, 1.807) is 0 Å². The van der Waals surface area contributed by atoms with Gasteiger partial charge in [0.1, 0.15) is 0 Å². The van der Waals surface area contributed by atoms with Gasteiger partial charge in [0.05, 0.1) is 5.56 Å². The number of fused-ring (bicyclic) bond motifs is 3. The van der Waals surface area contributed by atoms with Gasteiger partial charge in [0.15, 0.2) is 12.7 Å². The molecule has 1 heteroatoms. The Kier molecular flexibility index (Phi) is 4.40. The Morgan fingerprint density at radius 3 is 2.42 bits per heavy atom. The molecule has 0 amide bonds. The monoisotopic (exact) mass is 342 g/mol. The van der Waals surface area contributed by atoms with Gasteiger partial charge in [-0.15, -0.1) is 0 Å². The molecule has 1 atom stereocenters. The van der Waals surface area contributed by atoms with Gasteiger partial charge in [-0.25, -0.2) is 0 Å². The highest BCUT2D eigenvalue weighted by molar-refractivity contribution is 5.71. The molecule has 0 spiro atoms. The molecule has 0 radical (unpaired) electrons. The lowest BCUT2D eigenvalue weighted by Gasteiger charge is -2.28. The number of nitrogens with zero attached hydrogens (tertiary/aromatic N) is 1. The van der Waals surface area contributed by atoms with E-state index in [1.165, 1.54) is 52.8 Å². The van der Waals surface area contributed by atoms with Crippen LogP contribution in [0.15, 0.2) is 66.9 Å². The molecule has 1 aliphatic rings. The zero-order valence-corrected chi connectivity index (χ0v) is 16.1. The van der Waals surface area contributed by atoms with Gasteiger partial charge in [0.25, 0.3) is 0 Å². The third kappa shape index (κ3) is 2.86. The Morgan fingerprint density at radius 1 is 0.923 bits per heavy atom. The number of benzene rings is 2. The fourth-order valence-electron chi connectivity index (χ4n) is 4.31. The highest BCUT2D eigenvalue weighted by Gasteiger charge is 2.26. The Balaban J connectivity index is 1.68. The van der Waals surface area contributed by atoms with E-state index in [0.29, 0.717) is 5.41 Å². The second-order valence-electron chi connectivity index (χ2n) is 7.83. The number of hydrogen-bond donors (Lipinski definition) is 0. The molecular formula is C25H28N+. The van der Waals surface area contributed by atoms with Crippen LogP contribution in [0.3, 0.4) is 0 Å². The quantitative estimate of drug-likeness (QED) is 0.384. The van der Waals surface area contributed by atoms with Crippen LogP contribution >= 0.6 is 0 Å². The van der Waals surface area contributed by atoms with Crippen molar-refractivity contribution in [2.45, 2.75) is 52.0 Å². The highest BCUT2D eigenvalue weighted by Crippen LogP contribution is 2.34. The zero-order valence-electron chi connectivity index (χ0n) is 16.1. The summed E-state index contributed by atoms with van der Waals surface area (Å²) in [4.78, 5) is 0. The van der Waals surface area contributed by atoms with Crippen molar-refractivity contribution in [3.63, 3.8) is 0 Å². The Bertz CT molecular complexity index is 923. The normalized spacial score (nSPS) is 14.6. The van der Waals surface area contributed by atoms with Gasteiger partial charge in [0.2, 0.25) is 5.69 Å². The van der Waals surface area contributed by atoms with Crippen LogP contribution in [0.1, 0.15) is 51.2 Å². The minimum absolute atomic E-state index is 0.292. The number of pyridine rings is 1. The predicted molar refractivity (Wildman–Crippen MR) is 109 cm³/mol. The third-order valence-electron chi connectivity index (χ3n) is 6.17. The van der Waals surface area contributed by atoms with E-state index in [1.807, 2.05) is 0 Å². The van der Waals surface area contributed by atoms with Crippen molar-refractivity contribution >= 4 is 0 Å². The average Bonchev–Trinajstić information content (AvgIpc) is 3.06. The predicted octanol–water partition coefficient (Wildman–Crippen LogP) is 6.14. The van der Waals surface area contributed by atoms with E-state index in [-0.39, 0.29) is 0 Å². The number of hydrogen-bond acceptors (Lipinski definition) is 0. The summed E-state index contributed by atoms with van der Waals surface area (Å²) in [5, 5.41) is 0. The summed E-state index contributed by atoms with van der Waals surface area (Å²) in [5.41, 5.74) is 8.47. The number of rotatable bonds is 5. The summed E-state index contributed by atoms with van der Waals surface area (Å²) in [5.74, 6) is 0. The molecule has 1 unspecified atom stereocenters. The lowest BCUT2D eigenvalue weighted by atomic mass is 9.76. The van der Waals surface area contributed by atoms with Crippen LogP contribution in [0.25, 0.3) is 22.4 Å². The van der Waals surface area contributed by atoms with Crippen LogP contribution in [-0.2, 0) is 12.0 Å². The molecular weight excluding hydrogens is 314 g/mol. The second-order valence-corrected chi connectivity index (χ2v) is 7.83. The third-order valence-corrected chi connectivity index (χ3v) is 6.17. The fourth-order valence-corrected chi connectivity index (χ4v) is 4.31. The Labute approximate surface area is 157 Å². The Hall–Kier alpha value is -2.41. The fraction of sp³-hybridized carbons (Fsp3) is 0.320. The largest absolute Gasteiger partial charge is 0.213 e. The molecule has 4 rings (SSSR count). The molecule has 0 fully saturated rings. The first-order chi connectivity index (χ1) is 12.6. The molecule has 132 valence electrons. The van der Waals surface area contributed by atoms with Crippen molar-refractivity contribution < 1.29 is 4.57 Å². The zero-order chi connectivity index (χ0) is 18.1. The van der Waals surface area contributed by atoms with E-state index in [9.17, 15) is 0 Å². The molecule has 1 aliphatic heterocycles. The summed E-state index contributed by atoms with van der Waals surface area (Å²) in [6.07, 6.45) is 5.89. The minimum atomic E-state index is 0.292. The van der Waals surface area contributed by atoms with Crippen molar-refractivity contribution in [1.82, 2.24) is 0 Å². The van der Waals surface area contributed by atoms with Crippen LogP contribution < -0.4 is 4.57 Å². The van der Waals surface area contributed by atoms with Gasteiger partial charge < -0.3 is 0 Å². The van der Waals surface area contributed by atoms with Gasteiger partial charge in [-0.1, -0.05) is 69.7 Å². The molecule has 0 aliphatic carbocycles. The van der Waals surface area contributed by atoms with Crippen molar-refractivity contribution in [2.24, 2.45) is 0 Å². The van der Waals surface area contributed by atoms with Crippen molar-refractivity contribution in [3.8, 4) is 22.4 Å². The molecule has 1 nitrogen and oxygen atoms in total. The van der Waals surface area contributed by atoms with Crippen LogP contribution in [0.2, 0.25) is 0 Å². The van der Waals surface area contributed by atoms with Crippen LogP contribution in [0.5, 0.6) is 0 Å². The van der Waals surface area contributed by atoms with Crippen molar-refractivity contribution in [1.29, 1.82) is 0 Å². The summed E-state index contributed by atoms with van der Waals surface area (Å²) in [6.45, 7) is 7.96. The summed E-state index contributed by atoms with van der Waals surface area (Å²) < 4.78 is 2.35. The Morgan fingerprint density at radius 2 is 1.69 bits per heavy atom. The van der Waals surface area contributed by atoms with Crippen molar-refractivity contribution in [3.05, 3.63) is 78.0 Å². The first-order valence-corrected chi connectivity index (χ1v) is 9.87. The average molecular weight is 343 g/mol. The van der Waals surface area contributed by atoms with Crippen LogP contribution in [-0.4, -0.2) is 0 Å². The molecule has 26 heavy (non-hydrogen) atoms. The van der Waals surface area contributed by atoms with Crippen LogP contribution in [0.4, 0.5) is 0 Å². The maximum absolute atomic E-state index is 2.40. The van der Waals surface area contributed by atoms with E-state index >= 15 is 0 Å². The molecule has 2 heterocycles. The van der Waals surface area contributed by atoms with E-state index < -0.39 is 0 Å². The summed E-state index contributed by atoms with van der Waals surface area (Å²) in [6, 6.07) is 22.6. The summed E-state index contributed by atoms with van der Waals surface area (Å²) in [7, 11) is 0. The molecule has 0 saturated carbocycles. The van der Waals surface area contributed by atoms with Gasteiger partial charge in [0, 0.05) is 17.7 Å². The van der Waals surface area contributed by atoms with Gasteiger partial charge in [-0.05, 0) is 41.0 Å². The molecule has 3 aromatic rings. The van der Waals surface area contributed by atoms with Crippen LogP contribution in [0, 0.1) is 0 Å². The topological polar surface area (TPSA) is 3.88 Å². The molecule has 0 bridgehead atoms. The first-order valence-electron chi connectivity index (χ1n) is 9.87. The lowest BCUT2D eigenvalue weighted by molar-refractivity contribution is -0.672. The van der Waals surface area contributed by atoms with Gasteiger partial charge in [-0.2, -0.15) is 4.57 Å². The first kappa shape index (κ1) is 17.0. The second kappa shape index (κ2) is 6.72. The lowest BCUT2D eigenvalue weighted by Crippen LogP contribution is -2.31. The van der Waals surface area contributed by atoms with E-state index in [0.717, 1.165) is 6.54 Å². The number of aromatic nitrogens is 1. The smallest absolute Gasteiger partial charge is 0.194 e.